The van der Waals surface area contributed by atoms with E-state index >= 15 is 0 Å². The third-order valence-electron chi connectivity index (χ3n) is 3.34. The molecule has 1 aliphatic rings. The summed E-state index contributed by atoms with van der Waals surface area (Å²) in [4.78, 5) is 2.63. The number of likely N-dealkylation sites (tertiary alicyclic amines) is 1. The molecular formula is C13H27NO. The zero-order valence-electron chi connectivity index (χ0n) is 10.6. The molecule has 1 heterocycles. The summed E-state index contributed by atoms with van der Waals surface area (Å²) in [6.45, 7) is 9.79. The van der Waals surface area contributed by atoms with Gasteiger partial charge in [-0.15, -0.1) is 0 Å². The molecule has 0 bridgehead atoms. The average Bonchev–Trinajstić information content (AvgIpc) is 2.57. The van der Waals surface area contributed by atoms with Crippen molar-refractivity contribution in [1.29, 1.82) is 0 Å². The van der Waals surface area contributed by atoms with Crippen LogP contribution in [0.1, 0.15) is 52.9 Å². The standard InChI is InChI=1S/C13H27NO/c1-13(2,3)8-10-14-9-4-6-12(14)7-5-11-15/h12,15H,4-11H2,1-3H3. The van der Waals surface area contributed by atoms with E-state index < -0.39 is 0 Å². The predicted octanol–water partition coefficient (Wildman–Crippen LogP) is 2.66. The van der Waals surface area contributed by atoms with Crippen molar-refractivity contribution in [2.75, 3.05) is 19.7 Å². The Bertz CT molecular complexity index is 174. The van der Waals surface area contributed by atoms with Gasteiger partial charge in [-0.3, -0.25) is 0 Å². The average molecular weight is 213 g/mol. The Morgan fingerprint density at radius 3 is 2.67 bits per heavy atom. The Morgan fingerprint density at radius 2 is 2.07 bits per heavy atom. The van der Waals surface area contributed by atoms with Crippen molar-refractivity contribution < 1.29 is 5.11 Å². The lowest BCUT2D eigenvalue weighted by Crippen LogP contribution is -2.32. The summed E-state index contributed by atoms with van der Waals surface area (Å²) in [6.07, 6.45) is 6.12. The molecule has 2 heteroatoms. The third kappa shape index (κ3) is 4.98. The highest BCUT2D eigenvalue weighted by Crippen LogP contribution is 2.25. The van der Waals surface area contributed by atoms with Gasteiger partial charge in [-0.2, -0.15) is 0 Å². The first-order valence-electron chi connectivity index (χ1n) is 6.38. The maximum absolute atomic E-state index is 8.85. The van der Waals surface area contributed by atoms with Crippen LogP contribution in [0.4, 0.5) is 0 Å². The van der Waals surface area contributed by atoms with Gasteiger partial charge in [0.15, 0.2) is 0 Å². The van der Waals surface area contributed by atoms with Crippen molar-refractivity contribution >= 4 is 0 Å². The minimum absolute atomic E-state index is 0.351. The molecule has 0 aromatic rings. The molecule has 0 aliphatic carbocycles. The Hall–Kier alpha value is -0.0800. The molecule has 0 aromatic carbocycles. The van der Waals surface area contributed by atoms with E-state index in [0.717, 1.165) is 12.5 Å². The normalized spacial score (nSPS) is 23.6. The molecule has 1 rings (SSSR count). The lowest BCUT2D eigenvalue weighted by atomic mass is 9.92. The van der Waals surface area contributed by atoms with Crippen LogP contribution in [-0.2, 0) is 0 Å². The molecule has 0 saturated carbocycles. The van der Waals surface area contributed by atoms with E-state index in [2.05, 4.69) is 25.7 Å². The van der Waals surface area contributed by atoms with E-state index in [1.54, 1.807) is 0 Å². The van der Waals surface area contributed by atoms with Gasteiger partial charge >= 0.3 is 0 Å². The van der Waals surface area contributed by atoms with E-state index in [1.807, 2.05) is 0 Å². The smallest absolute Gasteiger partial charge is 0.0431 e. The SMILES string of the molecule is CC(C)(C)CCN1CCCC1CCCO. The zero-order chi connectivity index (χ0) is 11.3. The van der Waals surface area contributed by atoms with Crippen LogP contribution in [0.25, 0.3) is 0 Å². The summed E-state index contributed by atoms with van der Waals surface area (Å²) < 4.78 is 0. The molecular weight excluding hydrogens is 186 g/mol. The second-order valence-corrected chi connectivity index (χ2v) is 6.01. The van der Waals surface area contributed by atoms with Gasteiger partial charge in [-0.1, -0.05) is 20.8 Å². The van der Waals surface area contributed by atoms with Crippen molar-refractivity contribution in [3.63, 3.8) is 0 Å². The molecule has 0 aromatic heterocycles. The van der Waals surface area contributed by atoms with Crippen LogP contribution in [-0.4, -0.2) is 35.7 Å². The van der Waals surface area contributed by atoms with E-state index in [-0.39, 0.29) is 0 Å². The second kappa shape index (κ2) is 5.86. The number of nitrogens with zero attached hydrogens (tertiary/aromatic N) is 1. The van der Waals surface area contributed by atoms with Crippen LogP contribution < -0.4 is 0 Å². The first kappa shape index (κ1) is 13.0. The molecule has 0 spiro atoms. The Labute approximate surface area is 94.7 Å². The topological polar surface area (TPSA) is 23.5 Å². The minimum atomic E-state index is 0.351. The molecule has 0 radical (unpaired) electrons. The van der Waals surface area contributed by atoms with Gasteiger partial charge in [0.25, 0.3) is 0 Å². The maximum Gasteiger partial charge on any atom is 0.0431 e. The van der Waals surface area contributed by atoms with Crippen molar-refractivity contribution in [3.8, 4) is 0 Å². The molecule has 90 valence electrons. The lowest BCUT2D eigenvalue weighted by Gasteiger charge is -2.28. The summed E-state index contributed by atoms with van der Waals surface area (Å²) in [5.74, 6) is 0. The van der Waals surface area contributed by atoms with Crippen LogP contribution in [0.3, 0.4) is 0 Å². The van der Waals surface area contributed by atoms with E-state index in [1.165, 1.54) is 38.8 Å². The highest BCUT2D eigenvalue weighted by atomic mass is 16.2. The molecule has 2 nitrogen and oxygen atoms in total. The van der Waals surface area contributed by atoms with Gasteiger partial charge < -0.3 is 10.0 Å². The fraction of sp³-hybridized carbons (Fsp3) is 1.00. The quantitative estimate of drug-likeness (QED) is 0.759. The number of hydrogen-bond acceptors (Lipinski definition) is 2. The molecule has 1 atom stereocenters. The Kier molecular flexibility index (Phi) is 5.07. The van der Waals surface area contributed by atoms with E-state index in [9.17, 15) is 0 Å². The van der Waals surface area contributed by atoms with Gasteiger partial charge in [-0.25, -0.2) is 0 Å². The minimum Gasteiger partial charge on any atom is -0.396 e. The summed E-state index contributed by atoms with van der Waals surface area (Å²) in [5.41, 5.74) is 0.449. The van der Waals surface area contributed by atoms with Crippen molar-refractivity contribution in [3.05, 3.63) is 0 Å². The van der Waals surface area contributed by atoms with Crippen LogP contribution in [0.15, 0.2) is 0 Å². The predicted molar refractivity (Wildman–Crippen MR) is 65.0 cm³/mol. The van der Waals surface area contributed by atoms with Gasteiger partial charge in [0.05, 0.1) is 0 Å². The molecule has 15 heavy (non-hydrogen) atoms. The highest BCUT2D eigenvalue weighted by Gasteiger charge is 2.24. The second-order valence-electron chi connectivity index (χ2n) is 6.01. The summed E-state index contributed by atoms with van der Waals surface area (Å²) in [6, 6.07) is 0.750. The lowest BCUT2D eigenvalue weighted by molar-refractivity contribution is 0.192. The number of aliphatic hydroxyl groups excluding tert-OH is 1. The first-order chi connectivity index (χ1) is 7.03. The van der Waals surface area contributed by atoms with Crippen molar-refractivity contribution in [2.24, 2.45) is 5.41 Å². The summed E-state index contributed by atoms with van der Waals surface area (Å²) in [5, 5.41) is 8.85. The van der Waals surface area contributed by atoms with Gasteiger partial charge in [0.2, 0.25) is 0 Å². The maximum atomic E-state index is 8.85. The first-order valence-corrected chi connectivity index (χ1v) is 6.38. The Balaban J connectivity index is 2.27. The summed E-state index contributed by atoms with van der Waals surface area (Å²) in [7, 11) is 0. The van der Waals surface area contributed by atoms with Crippen LogP contribution in [0.5, 0.6) is 0 Å². The molecule has 1 unspecified atom stereocenters. The highest BCUT2D eigenvalue weighted by molar-refractivity contribution is 4.80. The van der Waals surface area contributed by atoms with Gasteiger partial charge in [0.1, 0.15) is 0 Å². The number of aliphatic hydroxyl groups is 1. The Morgan fingerprint density at radius 1 is 1.33 bits per heavy atom. The van der Waals surface area contributed by atoms with Crippen LogP contribution in [0.2, 0.25) is 0 Å². The zero-order valence-corrected chi connectivity index (χ0v) is 10.6. The van der Waals surface area contributed by atoms with Gasteiger partial charge in [0, 0.05) is 12.6 Å². The molecule has 1 saturated heterocycles. The van der Waals surface area contributed by atoms with E-state index in [0.29, 0.717) is 12.0 Å². The third-order valence-corrected chi connectivity index (χ3v) is 3.34. The fourth-order valence-corrected chi connectivity index (χ4v) is 2.32. The molecule has 1 N–H and O–H groups in total. The van der Waals surface area contributed by atoms with Crippen molar-refractivity contribution in [2.45, 2.75) is 58.9 Å². The monoisotopic (exact) mass is 213 g/mol. The molecule has 0 amide bonds. The molecule has 1 fully saturated rings. The number of hydrogen-bond donors (Lipinski definition) is 1. The van der Waals surface area contributed by atoms with Crippen molar-refractivity contribution in [1.82, 2.24) is 4.90 Å². The summed E-state index contributed by atoms with van der Waals surface area (Å²) >= 11 is 0. The van der Waals surface area contributed by atoms with Crippen LogP contribution in [0, 0.1) is 5.41 Å². The molecule has 1 aliphatic heterocycles. The van der Waals surface area contributed by atoms with Crippen LogP contribution >= 0.6 is 0 Å². The van der Waals surface area contributed by atoms with E-state index in [4.69, 9.17) is 5.11 Å². The fourth-order valence-electron chi connectivity index (χ4n) is 2.32. The largest absolute Gasteiger partial charge is 0.396 e. The number of rotatable bonds is 5. The van der Waals surface area contributed by atoms with Gasteiger partial charge in [-0.05, 0) is 50.6 Å².